The first-order valence-corrected chi connectivity index (χ1v) is 12.3. The predicted molar refractivity (Wildman–Crippen MR) is 114 cm³/mol. The van der Waals surface area contributed by atoms with Crippen molar-refractivity contribution in [3.8, 4) is 0 Å². The minimum Gasteiger partial charge on any atom is -0.413 e. The molecule has 1 N–H and O–H groups in total. The van der Waals surface area contributed by atoms with Gasteiger partial charge in [0, 0.05) is 6.61 Å². The van der Waals surface area contributed by atoms with Crippen molar-refractivity contribution in [1.29, 1.82) is 0 Å². The second-order valence-corrected chi connectivity index (χ2v) is 13.0. The van der Waals surface area contributed by atoms with Gasteiger partial charge < -0.3 is 13.3 Å². The zero-order valence-electron chi connectivity index (χ0n) is 16.6. The van der Waals surface area contributed by atoms with Gasteiger partial charge in [-0.25, -0.2) is 0 Å². The summed E-state index contributed by atoms with van der Waals surface area (Å²) in [5.41, 5.74) is 0.302. The summed E-state index contributed by atoms with van der Waals surface area (Å²) in [6, 6.07) is 19.7. The number of benzene rings is 2. The Hall–Kier alpha value is -1.25. The third kappa shape index (κ3) is 7.17. The molecule has 2 unspecified atom stereocenters. The Balaban J connectivity index is 2.10. The van der Waals surface area contributed by atoms with Gasteiger partial charge in [-0.2, -0.15) is 0 Å². The van der Waals surface area contributed by atoms with Crippen LogP contribution in [0.3, 0.4) is 0 Å². The van der Waals surface area contributed by atoms with Gasteiger partial charge in [0.05, 0.1) is 0 Å². The molecule has 5 heteroatoms. The van der Waals surface area contributed by atoms with E-state index in [0.717, 1.165) is 16.8 Å². The molecule has 3 nitrogen and oxygen atoms in total. The molecule has 0 aliphatic heterocycles. The Labute approximate surface area is 161 Å². The summed E-state index contributed by atoms with van der Waals surface area (Å²) >= 11 is 0. The van der Waals surface area contributed by atoms with Crippen molar-refractivity contribution in [2.75, 3.05) is 6.61 Å². The normalized spacial score (nSPS) is 14.8. The summed E-state index contributed by atoms with van der Waals surface area (Å²) in [6.07, 6.45) is 1.06. The van der Waals surface area contributed by atoms with Gasteiger partial charge in [-0.05, 0) is 27.6 Å². The molecule has 0 fully saturated rings. The van der Waals surface area contributed by atoms with E-state index in [2.05, 4.69) is 34.6 Å². The van der Waals surface area contributed by atoms with E-state index in [4.69, 9.17) is 8.54 Å². The molecule has 0 aliphatic rings. The Kier molecular flexibility index (Phi) is 7.37. The average molecular weight is 389 g/mol. The SMILES string of the molecule is CC(C)(C)CC(C)(C)CO[SiH](O[SiH](O)c1ccccc1)c1ccccc1. The van der Waals surface area contributed by atoms with Gasteiger partial charge in [-0.1, -0.05) is 95.3 Å². The lowest BCUT2D eigenvalue weighted by Crippen LogP contribution is -2.47. The molecule has 0 radical (unpaired) electrons. The van der Waals surface area contributed by atoms with E-state index in [0.29, 0.717) is 6.61 Å². The summed E-state index contributed by atoms with van der Waals surface area (Å²) in [7, 11) is -4.66. The van der Waals surface area contributed by atoms with Gasteiger partial charge in [-0.15, -0.1) is 0 Å². The number of rotatable bonds is 8. The summed E-state index contributed by atoms with van der Waals surface area (Å²) in [4.78, 5) is 10.6. The summed E-state index contributed by atoms with van der Waals surface area (Å²) in [5.74, 6) is 0. The molecule has 2 aromatic carbocycles. The maximum Gasteiger partial charge on any atom is 0.347 e. The Morgan fingerprint density at radius 2 is 1.31 bits per heavy atom. The van der Waals surface area contributed by atoms with Gasteiger partial charge >= 0.3 is 18.6 Å². The minimum atomic E-state index is -2.48. The van der Waals surface area contributed by atoms with Crippen molar-refractivity contribution in [3.05, 3.63) is 60.7 Å². The standard InChI is InChI=1S/C21H32O3Si2/c1-20(2,3)16-21(4,5)17-23-26(19-14-10-7-11-15-19)24-25(22)18-12-8-6-9-13-18/h6-15,22,25-26H,16-17H2,1-5H3. The third-order valence-electron chi connectivity index (χ3n) is 4.04. The van der Waals surface area contributed by atoms with Crippen LogP contribution < -0.4 is 10.4 Å². The van der Waals surface area contributed by atoms with Crippen molar-refractivity contribution < 1.29 is 13.3 Å². The number of hydrogen-bond acceptors (Lipinski definition) is 3. The molecular formula is C21H32O3Si2. The second-order valence-electron chi connectivity index (χ2n) is 8.85. The van der Waals surface area contributed by atoms with Gasteiger partial charge in [0.1, 0.15) is 0 Å². The van der Waals surface area contributed by atoms with Crippen LogP contribution in [-0.4, -0.2) is 30.0 Å². The van der Waals surface area contributed by atoms with Crippen molar-refractivity contribution in [3.63, 3.8) is 0 Å². The van der Waals surface area contributed by atoms with E-state index >= 15 is 0 Å². The smallest absolute Gasteiger partial charge is 0.347 e. The first-order valence-electron chi connectivity index (χ1n) is 9.21. The zero-order chi connectivity index (χ0) is 19.2. The molecule has 0 spiro atoms. The maximum atomic E-state index is 10.6. The van der Waals surface area contributed by atoms with Crippen LogP contribution >= 0.6 is 0 Å². The summed E-state index contributed by atoms with van der Waals surface area (Å²) in [5, 5.41) is 1.96. The fourth-order valence-corrected chi connectivity index (χ4v) is 7.82. The zero-order valence-corrected chi connectivity index (χ0v) is 18.9. The van der Waals surface area contributed by atoms with E-state index < -0.39 is 18.6 Å². The summed E-state index contributed by atoms with van der Waals surface area (Å²) in [6.45, 7) is 11.9. The lowest BCUT2D eigenvalue weighted by Gasteiger charge is -2.33. The van der Waals surface area contributed by atoms with E-state index in [9.17, 15) is 4.80 Å². The molecule has 2 atom stereocenters. The second kappa shape index (κ2) is 9.10. The largest absolute Gasteiger partial charge is 0.413 e. The topological polar surface area (TPSA) is 38.7 Å². The lowest BCUT2D eigenvalue weighted by atomic mass is 9.77. The van der Waals surface area contributed by atoms with Crippen molar-refractivity contribution >= 4 is 28.9 Å². The minimum absolute atomic E-state index is 0.0564. The van der Waals surface area contributed by atoms with E-state index in [1.807, 2.05) is 60.7 Å². The maximum absolute atomic E-state index is 10.6. The van der Waals surface area contributed by atoms with Crippen LogP contribution in [0.2, 0.25) is 0 Å². The third-order valence-corrected chi connectivity index (χ3v) is 8.42. The fourth-order valence-electron chi connectivity index (χ4n) is 3.43. The Bertz CT molecular complexity index is 654. The highest BCUT2D eigenvalue weighted by Gasteiger charge is 2.29. The molecule has 0 aromatic heterocycles. The predicted octanol–water partition coefficient (Wildman–Crippen LogP) is 2.73. The Morgan fingerprint density at radius 1 is 0.808 bits per heavy atom. The van der Waals surface area contributed by atoms with Gasteiger partial charge in [0.2, 0.25) is 0 Å². The molecule has 0 heterocycles. The molecule has 142 valence electrons. The van der Waals surface area contributed by atoms with Crippen molar-refractivity contribution in [1.82, 2.24) is 0 Å². The van der Waals surface area contributed by atoms with E-state index in [1.165, 1.54) is 0 Å². The van der Waals surface area contributed by atoms with E-state index in [-0.39, 0.29) is 10.8 Å². The van der Waals surface area contributed by atoms with Crippen molar-refractivity contribution in [2.45, 2.75) is 41.0 Å². The van der Waals surface area contributed by atoms with Gasteiger partial charge in [0.25, 0.3) is 0 Å². The van der Waals surface area contributed by atoms with Crippen LogP contribution in [0.4, 0.5) is 0 Å². The molecule has 26 heavy (non-hydrogen) atoms. The average Bonchev–Trinajstić information content (AvgIpc) is 2.58. The molecule has 0 aliphatic carbocycles. The van der Waals surface area contributed by atoms with Crippen LogP contribution in [0.25, 0.3) is 0 Å². The van der Waals surface area contributed by atoms with Gasteiger partial charge in [0.15, 0.2) is 0 Å². The molecule has 2 aromatic rings. The van der Waals surface area contributed by atoms with Crippen LogP contribution in [0.1, 0.15) is 41.0 Å². The summed E-state index contributed by atoms with van der Waals surface area (Å²) < 4.78 is 12.5. The van der Waals surface area contributed by atoms with Crippen molar-refractivity contribution in [2.24, 2.45) is 10.8 Å². The van der Waals surface area contributed by atoms with Crippen LogP contribution in [0.5, 0.6) is 0 Å². The Morgan fingerprint density at radius 3 is 1.81 bits per heavy atom. The highest BCUT2D eigenvalue weighted by molar-refractivity contribution is 6.73. The molecule has 0 saturated heterocycles. The van der Waals surface area contributed by atoms with Crippen LogP contribution in [-0.2, 0) is 8.54 Å². The monoisotopic (exact) mass is 388 g/mol. The molecular weight excluding hydrogens is 356 g/mol. The van der Waals surface area contributed by atoms with Crippen LogP contribution in [0, 0.1) is 10.8 Å². The highest BCUT2D eigenvalue weighted by atomic mass is 28.4. The van der Waals surface area contributed by atoms with Gasteiger partial charge in [-0.3, -0.25) is 0 Å². The molecule has 0 amide bonds. The molecule has 2 rings (SSSR count). The number of hydrogen-bond donors (Lipinski definition) is 1. The highest BCUT2D eigenvalue weighted by Crippen LogP contribution is 2.33. The fraction of sp³-hybridized carbons (Fsp3) is 0.429. The van der Waals surface area contributed by atoms with E-state index in [1.54, 1.807) is 0 Å². The lowest BCUT2D eigenvalue weighted by molar-refractivity contribution is 0.113. The molecule has 0 bridgehead atoms. The van der Waals surface area contributed by atoms with Crippen LogP contribution in [0.15, 0.2) is 60.7 Å². The molecule has 0 saturated carbocycles. The first kappa shape index (κ1) is 21.1. The quantitative estimate of drug-likeness (QED) is 0.707. The first-order chi connectivity index (χ1) is 12.2.